The molecule has 4 N–H and O–H groups in total. The molecular weight excluding hydrogens is 368 g/mol. The first-order valence-corrected chi connectivity index (χ1v) is 8.87. The highest BCUT2D eigenvalue weighted by Crippen LogP contribution is 2.34. The van der Waals surface area contributed by atoms with Gasteiger partial charge in [0, 0.05) is 11.7 Å². The third-order valence-corrected chi connectivity index (χ3v) is 4.01. The molecule has 0 saturated heterocycles. The van der Waals surface area contributed by atoms with Crippen molar-refractivity contribution in [3.63, 3.8) is 0 Å². The molecule has 0 aliphatic rings. The molecule has 0 saturated carbocycles. The van der Waals surface area contributed by atoms with Gasteiger partial charge in [-0.25, -0.2) is 18.6 Å². The first-order chi connectivity index (χ1) is 13.1. The van der Waals surface area contributed by atoms with E-state index >= 15 is 0 Å². The molecule has 28 heavy (non-hydrogen) atoms. The second kappa shape index (κ2) is 8.97. The molecule has 1 heterocycles. The minimum absolute atomic E-state index is 0.0807. The highest BCUT2D eigenvalue weighted by atomic mass is 19.3. The predicted molar refractivity (Wildman–Crippen MR) is 104 cm³/mol. The van der Waals surface area contributed by atoms with Crippen LogP contribution in [0.25, 0.3) is 11.1 Å². The van der Waals surface area contributed by atoms with Gasteiger partial charge in [-0.2, -0.15) is 0 Å². The molecule has 2 rings (SSSR count). The Morgan fingerprint density at radius 2 is 1.96 bits per heavy atom. The standard InChI is InChI=1S/C20H25F2N3O3/c1-12(2)10-20(3,23)11-28-16-5-4-13(8-15(16)18(21)22)14-6-7-24-17(9-14)25-19(26)27/h4-9,12,18H,10-11,23H2,1-3H3,(H,24,25)(H,26,27). The van der Waals surface area contributed by atoms with Gasteiger partial charge in [0.1, 0.15) is 18.2 Å². The van der Waals surface area contributed by atoms with Crippen LogP contribution in [0.1, 0.15) is 39.2 Å². The van der Waals surface area contributed by atoms with Crippen molar-refractivity contribution in [3.8, 4) is 16.9 Å². The van der Waals surface area contributed by atoms with Crippen molar-refractivity contribution in [2.75, 3.05) is 11.9 Å². The molecule has 1 unspecified atom stereocenters. The summed E-state index contributed by atoms with van der Waals surface area (Å²) < 4.78 is 32.8. The number of pyridine rings is 1. The lowest BCUT2D eigenvalue weighted by molar-refractivity contribution is 0.140. The van der Waals surface area contributed by atoms with Gasteiger partial charge < -0.3 is 15.6 Å². The summed E-state index contributed by atoms with van der Waals surface area (Å²) in [4.78, 5) is 14.6. The Labute approximate surface area is 162 Å². The summed E-state index contributed by atoms with van der Waals surface area (Å²) in [7, 11) is 0. The van der Waals surface area contributed by atoms with E-state index < -0.39 is 18.1 Å². The minimum atomic E-state index is -2.73. The zero-order chi connectivity index (χ0) is 20.9. The first kappa shape index (κ1) is 21.6. The zero-order valence-electron chi connectivity index (χ0n) is 16.1. The van der Waals surface area contributed by atoms with Crippen LogP contribution >= 0.6 is 0 Å². The summed E-state index contributed by atoms with van der Waals surface area (Å²) in [5.74, 6) is 0.546. The molecule has 0 aliphatic heterocycles. The van der Waals surface area contributed by atoms with Crippen LogP contribution in [0, 0.1) is 5.92 Å². The van der Waals surface area contributed by atoms with Gasteiger partial charge in [0.15, 0.2) is 0 Å². The highest BCUT2D eigenvalue weighted by Gasteiger charge is 2.23. The summed E-state index contributed by atoms with van der Waals surface area (Å²) >= 11 is 0. The summed E-state index contributed by atoms with van der Waals surface area (Å²) in [5.41, 5.74) is 6.36. The van der Waals surface area contributed by atoms with E-state index in [4.69, 9.17) is 15.6 Å². The van der Waals surface area contributed by atoms with Crippen LogP contribution < -0.4 is 15.8 Å². The minimum Gasteiger partial charge on any atom is -0.491 e. The Kier molecular flexibility index (Phi) is 6.90. The number of halogens is 2. The monoisotopic (exact) mass is 393 g/mol. The van der Waals surface area contributed by atoms with Crippen molar-refractivity contribution in [1.29, 1.82) is 0 Å². The molecule has 0 aliphatic carbocycles. The van der Waals surface area contributed by atoms with E-state index in [-0.39, 0.29) is 23.7 Å². The number of amides is 1. The smallest absolute Gasteiger partial charge is 0.410 e. The van der Waals surface area contributed by atoms with Crippen LogP contribution in [-0.2, 0) is 0 Å². The van der Waals surface area contributed by atoms with E-state index in [0.717, 1.165) is 0 Å². The molecule has 152 valence electrons. The number of nitrogens with one attached hydrogen (secondary N) is 1. The number of carboxylic acid groups (broad SMARTS) is 1. The van der Waals surface area contributed by atoms with Crippen LogP contribution in [0.2, 0.25) is 0 Å². The number of nitrogens with two attached hydrogens (primary N) is 1. The summed E-state index contributed by atoms with van der Waals surface area (Å²) in [6.45, 7) is 6.02. The van der Waals surface area contributed by atoms with E-state index in [2.05, 4.69) is 10.3 Å². The van der Waals surface area contributed by atoms with E-state index in [1.807, 2.05) is 20.8 Å². The predicted octanol–water partition coefficient (Wildman–Crippen LogP) is 4.92. The molecule has 1 atom stereocenters. The van der Waals surface area contributed by atoms with Gasteiger partial charge >= 0.3 is 6.09 Å². The lowest BCUT2D eigenvalue weighted by atomic mass is 9.93. The van der Waals surface area contributed by atoms with Gasteiger partial charge in [-0.1, -0.05) is 19.9 Å². The van der Waals surface area contributed by atoms with Crippen LogP contribution in [0.5, 0.6) is 5.75 Å². The third-order valence-electron chi connectivity index (χ3n) is 4.01. The largest absolute Gasteiger partial charge is 0.491 e. The van der Waals surface area contributed by atoms with Gasteiger partial charge in [-0.15, -0.1) is 0 Å². The van der Waals surface area contributed by atoms with Crippen molar-refractivity contribution < 1.29 is 23.4 Å². The van der Waals surface area contributed by atoms with Gasteiger partial charge in [-0.05, 0) is 54.7 Å². The van der Waals surface area contributed by atoms with Crippen LogP contribution in [0.4, 0.5) is 19.4 Å². The lowest BCUT2D eigenvalue weighted by Gasteiger charge is -2.27. The summed E-state index contributed by atoms with van der Waals surface area (Å²) in [6.07, 6.45) is -1.89. The second-order valence-corrected chi connectivity index (χ2v) is 7.45. The Bertz CT molecular complexity index is 826. The first-order valence-electron chi connectivity index (χ1n) is 8.87. The van der Waals surface area contributed by atoms with Crippen molar-refractivity contribution >= 4 is 11.9 Å². The van der Waals surface area contributed by atoms with E-state index in [9.17, 15) is 13.6 Å². The summed E-state index contributed by atoms with van der Waals surface area (Å²) in [6, 6.07) is 7.52. The van der Waals surface area contributed by atoms with Gasteiger partial charge in [-0.3, -0.25) is 5.32 Å². The molecule has 8 heteroatoms. The molecule has 1 aromatic carbocycles. The maximum Gasteiger partial charge on any atom is 0.410 e. The fourth-order valence-corrected chi connectivity index (χ4v) is 3.05. The van der Waals surface area contributed by atoms with Crippen molar-refractivity contribution in [2.45, 2.75) is 39.2 Å². The van der Waals surface area contributed by atoms with E-state index in [0.29, 0.717) is 23.5 Å². The normalized spacial score (nSPS) is 13.4. The van der Waals surface area contributed by atoms with Crippen LogP contribution in [0.15, 0.2) is 36.5 Å². The van der Waals surface area contributed by atoms with Gasteiger partial charge in [0.25, 0.3) is 6.43 Å². The fraction of sp³-hybridized carbons (Fsp3) is 0.400. The van der Waals surface area contributed by atoms with Gasteiger partial charge in [0.05, 0.1) is 5.56 Å². The molecule has 0 bridgehead atoms. The molecule has 0 radical (unpaired) electrons. The number of alkyl halides is 2. The van der Waals surface area contributed by atoms with Gasteiger partial charge in [0.2, 0.25) is 0 Å². The number of anilines is 1. The summed E-state index contributed by atoms with van der Waals surface area (Å²) in [5, 5.41) is 10.9. The molecule has 1 amide bonds. The quantitative estimate of drug-likeness (QED) is 0.591. The lowest BCUT2D eigenvalue weighted by Crippen LogP contribution is -2.43. The topological polar surface area (TPSA) is 97.5 Å². The Hall–Kier alpha value is -2.74. The number of aromatic nitrogens is 1. The number of nitrogens with zero attached hydrogens (tertiary/aromatic N) is 1. The molecule has 2 aromatic rings. The fourth-order valence-electron chi connectivity index (χ4n) is 3.05. The number of benzene rings is 1. The van der Waals surface area contributed by atoms with Crippen LogP contribution in [0.3, 0.4) is 0 Å². The highest BCUT2D eigenvalue weighted by molar-refractivity contribution is 5.82. The Morgan fingerprint density at radius 1 is 1.29 bits per heavy atom. The number of rotatable bonds is 8. The van der Waals surface area contributed by atoms with Crippen LogP contribution in [-0.4, -0.2) is 28.3 Å². The Balaban J connectivity index is 2.27. The molecule has 0 fully saturated rings. The SMILES string of the molecule is CC(C)CC(C)(N)COc1ccc(-c2ccnc(NC(=O)O)c2)cc1C(F)F. The average Bonchev–Trinajstić information content (AvgIpc) is 2.58. The van der Waals surface area contributed by atoms with Crippen molar-refractivity contribution in [2.24, 2.45) is 11.7 Å². The average molecular weight is 393 g/mol. The van der Waals surface area contributed by atoms with Crippen molar-refractivity contribution in [1.82, 2.24) is 4.98 Å². The Morgan fingerprint density at radius 3 is 2.57 bits per heavy atom. The molecule has 6 nitrogen and oxygen atoms in total. The maximum atomic E-state index is 13.6. The maximum absolute atomic E-state index is 13.6. The molecule has 1 aromatic heterocycles. The molecule has 0 spiro atoms. The van der Waals surface area contributed by atoms with E-state index in [1.165, 1.54) is 24.4 Å². The molecular formula is C20H25F2N3O3. The van der Waals surface area contributed by atoms with E-state index in [1.54, 1.807) is 12.1 Å². The third kappa shape index (κ3) is 6.16. The number of hydrogen-bond acceptors (Lipinski definition) is 4. The second-order valence-electron chi connectivity index (χ2n) is 7.45. The van der Waals surface area contributed by atoms with Crippen molar-refractivity contribution in [3.05, 3.63) is 42.1 Å². The number of hydrogen-bond donors (Lipinski definition) is 3. The zero-order valence-corrected chi connectivity index (χ0v) is 16.1. The number of ether oxygens (including phenoxy) is 1. The number of carbonyl (C=O) groups is 1.